The minimum Gasteiger partial charge on any atom is -0.382 e. The number of hydrogen-bond acceptors (Lipinski definition) is 7. The summed E-state index contributed by atoms with van der Waals surface area (Å²) in [6, 6.07) is 7.75. The third-order valence-corrected chi connectivity index (χ3v) is 8.94. The van der Waals surface area contributed by atoms with Crippen LogP contribution in [0.1, 0.15) is 56.1 Å². The number of nitrogens with one attached hydrogen (secondary N) is 1. The van der Waals surface area contributed by atoms with Gasteiger partial charge in [0, 0.05) is 37.3 Å². The summed E-state index contributed by atoms with van der Waals surface area (Å²) in [5.74, 6) is 0.809. The lowest BCUT2D eigenvalue weighted by molar-refractivity contribution is -0.00781. The van der Waals surface area contributed by atoms with Crippen molar-refractivity contribution >= 4 is 22.9 Å². The van der Waals surface area contributed by atoms with Crippen molar-refractivity contribution in [2.75, 3.05) is 85.5 Å². The van der Waals surface area contributed by atoms with Crippen LogP contribution in [0, 0.1) is 5.92 Å². The normalized spacial score (nSPS) is 24.6. The van der Waals surface area contributed by atoms with Crippen molar-refractivity contribution in [3.8, 4) is 0 Å². The van der Waals surface area contributed by atoms with Gasteiger partial charge in [0.05, 0.1) is 57.8 Å². The van der Waals surface area contributed by atoms with Crippen molar-refractivity contribution < 1.29 is 23.7 Å². The summed E-state index contributed by atoms with van der Waals surface area (Å²) >= 11 is 5.68. The fourth-order valence-electron chi connectivity index (χ4n) is 6.74. The molecule has 0 radical (unpaired) electrons. The molecule has 214 valence electrons. The summed E-state index contributed by atoms with van der Waals surface area (Å²) in [6.45, 7) is 6.56. The fourth-order valence-corrected chi connectivity index (χ4v) is 7.00. The van der Waals surface area contributed by atoms with Crippen LogP contribution < -0.4 is 5.32 Å². The molecule has 1 saturated carbocycles. The molecule has 1 aromatic carbocycles. The Morgan fingerprint density at radius 3 is 2.34 bits per heavy atom. The number of likely N-dealkylation sites (N-methyl/N-ethyl adjacent to an activating group) is 1. The largest absolute Gasteiger partial charge is 0.382 e. The number of hydrogen-bond donors (Lipinski definition) is 1. The Bertz CT molecular complexity index is 871. The number of methoxy groups -OCH3 is 1. The summed E-state index contributed by atoms with van der Waals surface area (Å²) < 4.78 is 27.0. The lowest BCUT2D eigenvalue weighted by Gasteiger charge is -2.58. The predicted molar refractivity (Wildman–Crippen MR) is 155 cm³/mol. The third kappa shape index (κ3) is 7.96. The summed E-state index contributed by atoms with van der Waals surface area (Å²) in [5, 5.41) is 3.53. The number of rotatable bonds is 17. The molecule has 7 nitrogen and oxygen atoms in total. The molecule has 2 fully saturated rings. The number of anilines is 1. The molecule has 1 aliphatic heterocycles. The molecule has 3 aliphatic rings. The summed E-state index contributed by atoms with van der Waals surface area (Å²) in [7, 11) is 4.00. The minimum absolute atomic E-state index is 0.378. The maximum Gasteiger partial charge on any atom is 0.0798 e. The van der Waals surface area contributed by atoms with Crippen molar-refractivity contribution in [2.24, 2.45) is 5.92 Å². The zero-order valence-corrected chi connectivity index (χ0v) is 24.3. The minimum atomic E-state index is 0.378. The number of ether oxygens (including phenoxy) is 5. The monoisotopic (exact) mass is 548 g/mol. The van der Waals surface area contributed by atoms with Crippen LogP contribution in [-0.2, 0) is 35.5 Å². The van der Waals surface area contributed by atoms with Gasteiger partial charge in [0.25, 0.3) is 0 Å². The number of benzene rings is 1. The van der Waals surface area contributed by atoms with Crippen LogP contribution in [-0.4, -0.2) is 96.1 Å². The van der Waals surface area contributed by atoms with Crippen molar-refractivity contribution in [3.63, 3.8) is 0 Å². The van der Waals surface area contributed by atoms with E-state index in [2.05, 4.69) is 35.5 Å². The van der Waals surface area contributed by atoms with Gasteiger partial charge in [-0.05, 0) is 74.9 Å². The van der Waals surface area contributed by atoms with Crippen LogP contribution >= 0.6 is 12.2 Å². The van der Waals surface area contributed by atoms with Crippen LogP contribution in [0.4, 0.5) is 5.69 Å². The molecule has 4 rings (SSSR count). The van der Waals surface area contributed by atoms with Gasteiger partial charge < -0.3 is 33.9 Å². The molecule has 1 saturated heterocycles. The van der Waals surface area contributed by atoms with Gasteiger partial charge >= 0.3 is 0 Å². The van der Waals surface area contributed by atoms with Gasteiger partial charge in [-0.1, -0.05) is 31.1 Å². The maximum absolute atomic E-state index is 5.71. The zero-order chi connectivity index (χ0) is 26.6. The first-order valence-corrected chi connectivity index (χ1v) is 15.0. The van der Waals surface area contributed by atoms with Crippen LogP contribution in [0.15, 0.2) is 18.2 Å². The molecular weight excluding hydrogens is 500 g/mol. The second-order valence-corrected chi connectivity index (χ2v) is 11.5. The molecule has 8 heteroatoms. The molecule has 2 bridgehead atoms. The highest BCUT2D eigenvalue weighted by Crippen LogP contribution is 2.55. The number of fused-ring (bicyclic) bond motifs is 1. The molecule has 1 heterocycles. The summed E-state index contributed by atoms with van der Waals surface area (Å²) in [5.41, 5.74) is 4.71. The molecule has 38 heavy (non-hydrogen) atoms. The van der Waals surface area contributed by atoms with E-state index in [4.69, 9.17) is 35.9 Å². The maximum atomic E-state index is 5.71. The highest BCUT2D eigenvalue weighted by atomic mass is 32.1. The molecule has 0 unspecified atom stereocenters. The highest BCUT2D eigenvalue weighted by Gasteiger charge is 2.53. The zero-order valence-electron chi connectivity index (χ0n) is 23.5. The fraction of sp³-hybridized carbons (Fsp3) is 0.767. The van der Waals surface area contributed by atoms with Crippen LogP contribution in [0.2, 0.25) is 0 Å². The van der Waals surface area contributed by atoms with Crippen LogP contribution in [0.25, 0.3) is 0 Å². The Labute approximate surface area is 234 Å². The van der Waals surface area contributed by atoms with Gasteiger partial charge in [-0.2, -0.15) is 0 Å². The Balaban J connectivity index is 1.09. The summed E-state index contributed by atoms with van der Waals surface area (Å²) in [4.78, 5) is 3.52. The molecule has 1 aromatic rings. The molecule has 3 atom stereocenters. The van der Waals surface area contributed by atoms with E-state index in [9.17, 15) is 0 Å². The number of likely N-dealkylation sites (tertiary alicyclic amines) is 1. The highest BCUT2D eigenvalue weighted by molar-refractivity contribution is 7.80. The van der Waals surface area contributed by atoms with E-state index in [0.717, 1.165) is 29.4 Å². The van der Waals surface area contributed by atoms with Gasteiger partial charge in [-0.3, -0.25) is 0 Å². The third-order valence-electron chi connectivity index (χ3n) is 8.64. The number of piperidine rings is 1. The SMILES string of the molecule is COCCOCCOCCOCCOCCCC(=S)Nc1ccc2c(c1)[C@@]13CCCC[C@H]1[C@@H](C2)N(C)CC3. The molecule has 0 spiro atoms. The van der Waals surface area contributed by atoms with E-state index in [1.54, 1.807) is 18.2 Å². The quantitative estimate of drug-likeness (QED) is 0.224. The van der Waals surface area contributed by atoms with Gasteiger partial charge in [0.1, 0.15) is 0 Å². The van der Waals surface area contributed by atoms with Crippen molar-refractivity contribution in [2.45, 2.75) is 62.8 Å². The van der Waals surface area contributed by atoms with E-state index in [1.165, 1.54) is 45.1 Å². The lowest BCUT2D eigenvalue weighted by atomic mass is 9.52. The first kappa shape index (κ1) is 29.8. The van der Waals surface area contributed by atoms with Crippen LogP contribution in [0.5, 0.6) is 0 Å². The van der Waals surface area contributed by atoms with Crippen molar-refractivity contribution in [1.29, 1.82) is 0 Å². The Morgan fingerprint density at radius 1 is 0.947 bits per heavy atom. The Hall–Kier alpha value is -1.13. The van der Waals surface area contributed by atoms with Crippen molar-refractivity contribution in [3.05, 3.63) is 29.3 Å². The average molecular weight is 549 g/mol. The summed E-state index contributed by atoms with van der Waals surface area (Å²) in [6.07, 6.45) is 9.72. The molecule has 0 aromatic heterocycles. The van der Waals surface area contributed by atoms with Gasteiger partial charge in [0.2, 0.25) is 0 Å². The molecule has 2 aliphatic carbocycles. The molecule has 0 amide bonds. The van der Waals surface area contributed by atoms with E-state index in [0.29, 0.717) is 70.9 Å². The topological polar surface area (TPSA) is 61.4 Å². The first-order valence-electron chi connectivity index (χ1n) is 14.6. The average Bonchev–Trinajstić information content (AvgIpc) is 2.93. The number of nitrogens with zero attached hydrogens (tertiary/aromatic N) is 1. The van der Waals surface area contributed by atoms with E-state index in [1.807, 2.05) is 0 Å². The van der Waals surface area contributed by atoms with Gasteiger partial charge in [-0.25, -0.2) is 0 Å². The second-order valence-electron chi connectivity index (χ2n) is 11.0. The predicted octanol–water partition coefficient (Wildman–Crippen LogP) is 4.61. The molecular formula is C30H48N2O5S. The van der Waals surface area contributed by atoms with Gasteiger partial charge in [-0.15, -0.1) is 0 Å². The Kier molecular flexibility index (Phi) is 12.3. The standard InChI is InChI=1S/C30H48N2O5S/c1-32-12-11-30-10-4-3-6-26(30)28(32)22-24-8-9-25(23-27(24)30)31-29(38)7-5-13-34-16-17-36-20-21-37-19-18-35-15-14-33-2/h8-9,23,26,28H,3-7,10-22H2,1-2H3,(H,31,38)/t26-,28+,30+/m0/s1. The van der Waals surface area contributed by atoms with E-state index in [-0.39, 0.29) is 0 Å². The van der Waals surface area contributed by atoms with E-state index < -0.39 is 0 Å². The smallest absolute Gasteiger partial charge is 0.0798 e. The van der Waals surface area contributed by atoms with Crippen LogP contribution in [0.3, 0.4) is 0 Å². The second kappa shape index (κ2) is 15.6. The van der Waals surface area contributed by atoms with E-state index >= 15 is 0 Å². The number of thiocarbonyl (C=S) groups is 1. The molecule has 1 N–H and O–H groups in total. The Morgan fingerprint density at radius 2 is 1.63 bits per heavy atom. The lowest BCUT2D eigenvalue weighted by Crippen LogP contribution is -2.59. The first-order chi connectivity index (χ1) is 18.6. The van der Waals surface area contributed by atoms with Crippen molar-refractivity contribution in [1.82, 2.24) is 4.90 Å². The van der Waals surface area contributed by atoms with Gasteiger partial charge in [0.15, 0.2) is 0 Å².